The van der Waals surface area contributed by atoms with Crippen molar-refractivity contribution in [3.8, 4) is 0 Å². The van der Waals surface area contributed by atoms with Crippen molar-refractivity contribution in [1.29, 1.82) is 0 Å². The summed E-state index contributed by atoms with van der Waals surface area (Å²) < 4.78 is 5.31. The number of hydrogen-bond donors (Lipinski definition) is 1. The first-order valence-corrected chi connectivity index (χ1v) is 9.88. The number of nitrogens with one attached hydrogen (secondary N) is 1. The fraction of sp³-hybridized carbons (Fsp3) is 0.364. The summed E-state index contributed by atoms with van der Waals surface area (Å²) >= 11 is 12.7. The summed E-state index contributed by atoms with van der Waals surface area (Å²) in [6, 6.07) is 5.25. The first-order chi connectivity index (χ1) is 13.2. The van der Waals surface area contributed by atoms with Gasteiger partial charge in [0.1, 0.15) is 6.61 Å². The molecule has 6 heteroatoms. The fourth-order valence-corrected chi connectivity index (χ4v) is 4.39. The molecule has 1 heterocycles. The zero-order valence-corrected chi connectivity index (χ0v) is 17.7. The number of halogens is 2. The summed E-state index contributed by atoms with van der Waals surface area (Å²) in [7, 11) is 0. The van der Waals surface area contributed by atoms with E-state index in [9.17, 15) is 9.59 Å². The molecule has 1 N–H and O–H groups in total. The van der Waals surface area contributed by atoms with Gasteiger partial charge in [0.25, 0.3) is 0 Å². The van der Waals surface area contributed by atoms with Gasteiger partial charge in [0.15, 0.2) is 5.78 Å². The Kier molecular flexibility index (Phi) is 5.74. The Hall–Kier alpha value is -2.04. The van der Waals surface area contributed by atoms with Gasteiger partial charge in [-0.25, -0.2) is 4.79 Å². The Morgan fingerprint density at radius 2 is 2.07 bits per heavy atom. The van der Waals surface area contributed by atoms with Gasteiger partial charge >= 0.3 is 5.97 Å². The van der Waals surface area contributed by atoms with E-state index >= 15 is 0 Å². The minimum atomic E-state index is -0.622. The highest BCUT2D eigenvalue weighted by Crippen LogP contribution is 2.48. The molecule has 0 aromatic heterocycles. The topological polar surface area (TPSA) is 55.4 Å². The largest absolute Gasteiger partial charge is 0.458 e. The number of benzene rings is 1. The van der Waals surface area contributed by atoms with Gasteiger partial charge in [-0.3, -0.25) is 4.79 Å². The quantitative estimate of drug-likeness (QED) is 0.529. The zero-order chi connectivity index (χ0) is 20.6. The molecule has 0 saturated heterocycles. The molecule has 2 aliphatic rings. The lowest BCUT2D eigenvalue weighted by Gasteiger charge is -2.39. The van der Waals surface area contributed by atoms with Crippen LogP contribution >= 0.6 is 23.2 Å². The number of Topliss-reactive ketones (excluding diaryl/α,β-unsaturated/α-hetero) is 1. The molecule has 0 amide bonds. The summed E-state index contributed by atoms with van der Waals surface area (Å²) in [4.78, 5) is 26.0. The van der Waals surface area contributed by atoms with Crippen LogP contribution in [0.3, 0.4) is 0 Å². The van der Waals surface area contributed by atoms with E-state index in [1.54, 1.807) is 18.2 Å². The summed E-state index contributed by atoms with van der Waals surface area (Å²) in [5.74, 6) is -1.13. The lowest BCUT2D eigenvalue weighted by Crippen LogP contribution is -2.38. The number of esters is 1. The fourth-order valence-electron chi connectivity index (χ4n) is 3.97. The van der Waals surface area contributed by atoms with Crippen molar-refractivity contribution < 1.29 is 14.3 Å². The maximum atomic E-state index is 13.1. The molecule has 1 aromatic rings. The Bertz CT molecular complexity index is 928. The van der Waals surface area contributed by atoms with E-state index in [1.807, 2.05) is 6.92 Å². The molecule has 1 aliphatic carbocycles. The lowest BCUT2D eigenvalue weighted by atomic mass is 9.68. The molecule has 0 unspecified atom stereocenters. The van der Waals surface area contributed by atoms with Gasteiger partial charge < -0.3 is 10.1 Å². The molecule has 0 saturated carbocycles. The first kappa shape index (κ1) is 20.7. The van der Waals surface area contributed by atoms with E-state index in [2.05, 4.69) is 25.7 Å². The van der Waals surface area contributed by atoms with Crippen molar-refractivity contribution in [1.82, 2.24) is 5.32 Å². The van der Waals surface area contributed by atoms with Crippen LogP contribution in [0.25, 0.3) is 0 Å². The number of carbonyl (C=O) groups is 2. The van der Waals surface area contributed by atoms with Gasteiger partial charge in [0.2, 0.25) is 0 Å². The average molecular weight is 420 g/mol. The highest BCUT2D eigenvalue weighted by Gasteiger charge is 2.43. The Labute approximate surface area is 175 Å². The summed E-state index contributed by atoms with van der Waals surface area (Å²) in [6.45, 7) is 9.60. The van der Waals surface area contributed by atoms with Crippen LogP contribution in [-0.4, -0.2) is 18.4 Å². The monoisotopic (exact) mass is 419 g/mol. The van der Waals surface area contributed by atoms with Crippen LogP contribution in [0.1, 0.15) is 45.1 Å². The maximum Gasteiger partial charge on any atom is 0.337 e. The van der Waals surface area contributed by atoms with Crippen molar-refractivity contribution >= 4 is 35.0 Å². The predicted molar refractivity (Wildman–Crippen MR) is 111 cm³/mol. The highest BCUT2D eigenvalue weighted by atomic mass is 35.5. The molecule has 1 atom stereocenters. The minimum absolute atomic E-state index is 0.00122. The molecule has 0 bridgehead atoms. The third kappa shape index (κ3) is 3.76. The smallest absolute Gasteiger partial charge is 0.337 e. The van der Waals surface area contributed by atoms with Crippen LogP contribution in [0.4, 0.5) is 0 Å². The third-order valence-corrected chi connectivity index (χ3v) is 5.92. The molecule has 1 aliphatic heterocycles. The van der Waals surface area contributed by atoms with E-state index in [4.69, 9.17) is 27.9 Å². The molecule has 3 rings (SSSR count). The number of allylic oxidation sites excluding steroid dienone is 3. The van der Waals surface area contributed by atoms with Crippen molar-refractivity contribution in [2.75, 3.05) is 6.61 Å². The average Bonchev–Trinajstić information content (AvgIpc) is 2.59. The summed E-state index contributed by atoms with van der Waals surface area (Å²) in [5.41, 5.74) is 2.89. The van der Waals surface area contributed by atoms with Crippen LogP contribution in [-0.2, 0) is 14.3 Å². The number of ether oxygens (including phenoxy) is 1. The Balaban J connectivity index is 2.21. The molecule has 4 nitrogen and oxygen atoms in total. The number of hydrogen-bond acceptors (Lipinski definition) is 4. The molecular formula is C22H23Cl2NO3. The van der Waals surface area contributed by atoms with Gasteiger partial charge in [-0.1, -0.05) is 61.8 Å². The number of carbonyl (C=O) groups excluding carboxylic acids is 2. The second-order valence-corrected chi connectivity index (χ2v) is 8.75. The Morgan fingerprint density at radius 3 is 2.75 bits per heavy atom. The Morgan fingerprint density at radius 1 is 1.36 bits per heavy atom. The van der Waals surface area contributed by atoms with E-state index in [-0.39, 0.29) is 17.8 Å². The number of dihydropyridines is 1. The van der Waals surface area contributed by atoms with Crippen LogP contribution in [0.2, 0.25) is 10.0 Å². The lowest BCUT2D eigenvalue weighted by molar-refractivity contribution is -0.138. The first-order valence-electron chi connectivity index (χ1n) is 9.12. The van der Waals surface area contributed by atoms with Gasteiger partial charge in [0, 0.05) is 29.3 Å². The zero-order valence-electron chi connectivity index (χ0n) is 16.2. The molecule has 0 radical (unpaired) electrons. The van der Waals surface area contributed by atoms with Crippen LogP contribution < -0.4 is 5.32 Å². The highest BCUT2D eigenvalue weighted by molar-refractivity contribution is 6.42. The molecule has 148 valence electrons. The summed E-state index contributed by atoms with van der Waals surface area (Å²) in [6.07, 6.45) is 2.61. The number of rotatable bonds is 4. The van der Waals surface area contributed by atoms with E-state index in [1.165, 1.54) is 6.08 Å². The second-order valence-electron chi connectivity index (χ2n) is 7.96. The molecule has 1 aromatic carbocycles. The van der Waals surface area contributed by atoms with Gasteiger partial charge in [-0.15, -0.1) is 0 Å². The van der Waals surface area contributed by atoms with Gasteiger partial charge in [-0.05, 0) is 30.4 Å². The molecule has 28 heavy (non-hydrogen) atoms. The van der Waals surface area contributed by atoms with Crippen LogP contribution in [0, 0.1) is 5.41 Å². The minimum Gasteiger partial charge on any atom is -0.458 e. The normalized spacial score (nSPS) is 21.2. The van der Waals surface area contributed by atoms with Crippen molar-refractivity contribution in [2.45, 2.75) is 39.5 Å². The maximum absolute atomic E-state index is 13.1. The van der Waals surface area contributed by atoms with Crippen LogP contribution in [0.5, 0.6) is 0 Å². The van der Waals surface area contributed by atoms with Crippen molar-refractivity contribution in [3.63, 3.8) is 0 Å². The molecule has 0 spiro atoms. The third-order valence-electron chi connectivity index (χ3n) is 5.08. The standard InChI is InChI=1S/C22H23Cl2NO3/c1-5-9-28-21(27)17-12(2)25-15-10-22(3,4)11-16(26)19(15)18(17)13-7-6-8-14(23)20(13)24/h5-8,18,25H,1,9-11H2,2-4H3/t18-/m0/s1. The second kappa shape index (κ2) is 7.76. The van der Waals surface area contributed by atoms with Crippen molar-refractivity contribution in [2.24, 2.45) is 5.41 Å². The van der Waals surface area contributed by atoms with Crippen molar-refractivity contribution in [3.05, 3.63) is 69.0 Å². The SMILES string of the molecule is C=CCOC(=O)C1=C(C)NC2=C(C(=O)CC(C)(C)C2)[C@H]1c1cccc(Cl)c1Cl. The van der Waals surface area contributed by atoms with E-state index in [0.29, 0.717) is 45.3 Å². The van der Waals surface area contributed by atoms with Crippen LogP contribution in [0.15, 0.2) is 53.4 Å². The predicted octanol–water partition coefficient (Wildman–Crippen LogP) is 5.33. The molecular weight excluding hydrogens is 397 g/mol. The number of ketones is 1. The van der Waals surface area contributed by atoms with Gasteiger partial charge in [0.05, 0.1) is 15.6 Å². The van der Waals surface area contributed by atoms with Gasteiger partial charge in [-0.2, -0.15) is 0 Å². The van der Waals surface area contributed by atoms with E-state index < -0.39 is 11.9 Å². The van der Waals surface area contributed by atoms with E-state index in [0.717, 1.165) is 5.70 Å². The molecule has 0 fully saturated rings. The summed E-state index contributed by atoms with van der Waals surface area (Å²) in [5, 5.41) is 3.99.